The lowest BCUT2D eigenvalue weighted by Crippen LogP contribution is -2.15. The predicted octanol–water partition coefficient (Wildman–Crippen LogP) is 4.35. The van der Waals surface area contributed by atoms with Crippen LogP contribution in [-0.4, -0.2) is 4.98 Å². The van der Waals surface area contributed by atoms with Crippen molar-refractivity contribution in [2.75, 3.05) is 0 Å². The molecule has 0 radical (unpaired) electrons. The van der Waals surface area contributed by atoms with E-state index >= 15 is 0 Å². The SMILES string of the molecule is CCc1cccnc1CNCc1ccc(Br)c(Cl)c1. The minimum Gasteiger partial charge on any atom is -0.307 e. The second-order valence-corrected chi connectivity index (χ2v) is 5.58. The maximum Gasteiger partial charge on any atom is 0.0573 e. The molecular weight excluding hydrogens is 324 g/mol. The number of halogens is 2. The largest absolute Gasteiger partial charge is 0.307 e. The minimum atomic E-state index is 0.742. The fourth-order valence-corrected chi connectivity index (χ4v) is 2.38. The predicted molar refractivity (Wildman–Crippen MR) is 83.3 cm³/mol. The summed E-state index contributed by atoms with van der Waals surface area (Å²) < 4.78 is 0.927. The number of benzene rings is 1. The molecule has 0 atom stereocenters. The van der Waals surface area contributed by atoms with Crippen molar-refractivity contribution in [1.29, 1.82) is 0 Å². The molecular formula is C15H16BrClN2. The number of nitrogens with one attached hydrogen (secondary N) is 1. The van der Waals surface area contributed by atoms with E-state index in [9.17, 15) is 0 Å². The standard InChI is InChI=1S/C15H16BrClN2/c1-2-12-4-3-7-19-15(12)10-18-9-11-5-6-13(16)14(17)8-11/h3-8,18H,2,9-10H2,1H3. The molecule has 1 N–H and O–H groups in total. The summed E-state index contributed by atoms with van der Waals surface area (Å²) in [7, 11) is 0. The van der Waals surface area contributed by atoms with Gasteiger partial charge in [-0.2, -0.15) is 0 Å². The highest BCUT2D eigenvalue weighted by molar-refractivity contribution is 9.10. The summed E-state index contributed by atoms with van der Waals surface area (Å²) in [4.78, 5) is 4.42. The van der Waals surface area contributed by atoms with Gasteiger partial charge in [0.1, 0.15) is 0 Å². The van der Waals surface area contributed by atoms with Crippen LogP contribution in [0.25, 0.3) is 0 Å². The second-order valence-electron chi connectivity index (χ2n) is 4.31. The minimum absolute atomic E-state index is 0.742. The van der Waals surface area contributed by atoms with Gasteiger partial charge in [-0.1, -0.05) is 30.7 Å². The van der Waals surface area contributed by atoms with E-state index in [0.717, 1.165) is 34.7 Å². The Kier molecular flexibility index (Phi) is 5.37. The number of hydrogen-bond acceptors (Lipinski definition) is 2. The molecule has 0 aliphatic carbocycles. The van der Waals surface area contributed by atoms with Crippen molar-refractivity contribution in [3.05, 3.63) is 62.8 Å². The lowest BCUT2D eigenvalue weighted by Gasteiger charge is -2.08. The van der Waals surface area contributed by atoms with Gasteiger partial charge in [0.15, 0.2) is 0 Å². The van der Waals surface area contributed by atoms with Crippen LogP contribution in [0.5, 0.6) is 0 Å². The van der Waals surface area contributed by atoms with E-state index in [-0.39, 0.29) is 0 Å². The number of pyridine rings is 1. The molecule has 2 aromatic rings. The van der Waals surface area contributed by atoms with Gasteiger partial charge in [-0.25, -0.2) is 0 Å². The van der Waals surface area contributed by atoms with Crippen molar-refractivity contribution in [2.24, 2.45) is 0 Å². The summed E-state index contributed by atoms with van der Waals surface area (Å²) in [5.41, 5.74) is 3.58. The molecule has 0 amide bonds. The van der Waals surface area contributed by atoms with Gasteiger partial charge in [-0.3, -0.25) is 4.98 Å². The molecule has 0 aliphatic heterocycles. The van der Waals surface area contributed by atoms with E-state index < -0.39 is 0 Å². The summed E-state index contributed by atoms with van der Waals surface area (Å²) in [6.45, 7) is 3.71. The van der Waals surface area contributed by atoms with E-state index in [1.807, 2.05) is 24.4 Å². The molecule has 19 heavy (non-hydrogen) atoms. The van der Waals surface area contributed by atoms with Gasteiger partial charge in [0.2, 0.25) is 0 Å². The third-order valence-corrected chi connectivity index (χ3v) is 4.20. The Bertz CT molecular complexity index is 558. The third kappa shape index (κ3) is 4.03. The first-order valence-corrected chi connectivity index (χ1v) is 7.45. The lowest BCUT2D eigenvalue weighted by molar-refractivity contribution is 0.673. The van der Waals surface area contributed by atoms with Gasteiger partial charge < -0.3 is 5.32 Å². The topological polar surface area (TPSA) is 24.9 Å². The van der Waals surface area contributed by atoms with Crippen molar-refractivity contribution in [3.8, 4) is 0 Å². The Morgan fingerprint density at radius 2 is 2.11 bits per heavy atom. The number of aromatic nitrogens is 1. The van der Waals surface area contributed by atoms with E-state index in [0.29, 0.717) is 0 Å². The van der Waals surface area contributed by atoms with Gasteiger partial charge >= 0.3 is 0 Å². The Morgan fingerprint density at radius 3 is 2.84 bits per heavy atom. The van der Waals surface area contributed by atoms with E-state index in [1.54, 1.807) is 0 Å². The van der Waals surface area contributed by atoms with Crippen LogP contribution in [0.2, 0.25) is 5.02 Å². The van der Waals surface area contributed by atoms with Gasteiger partial charge in [-0.05, 0) is 51.7 Å². The van der Waals surface area contributed by atoms with Crippen molar-refractivity contribution >= 4 is 27.5 Å². The molecule has 100 valence electrons. The Morgan fingerprint density at radius 1 is 1.26 bits per heavy atom. The van der Waals surface area contributed by atoms with E-state index in [4.69, 9.17) is 11.6 Å². The zero-order valence-corrected chi connectivity index (χ0v) is 13.1. The molecule has 0 fully saturated rings. The number of aryl methyl sites for hydroxylation is 1. The van der Waals surface area contributed by atoms with Crippen LogP contribution < -0.4 is 5.32 Å². The quantitative estimate of drug-likeness (QED) is 0.876. The molecule has 0 saturated carbocycles. The smallest absolute Gasteiger partial charge is 0.0573 e. The molecule has 0 unspecified atom stereocenters. The fraction of sp³-hybridized carbons (Fsp3) is 0.267. The Balaban J connectivity index is 1.94. The molecule has 2 rings (SSSR count). The highest BCUT2D eigenvalue weighted by Gasteiger charge is 2.02. The van der Waals surface area contributed by atoms with Crippen LogP contribution in [0.4, 0.5) is 0 Å². The van der Waals surface area contributed by atoms with Crippen molar-refractivity contribution in [3.63, 3.8) is 0 Å². The summed E-state index contributed by atoms with van der Waals surface area (Å²) in [5.74, 6) is 0. The summed E-state index contributed by atoms with van der Waals surface area (Å²) in [6, 6.07) is 10.1. The number of rotatable bonds is 5. The van der Waals surface area contributed by atoms with Gasteiger partial charge in [0.05, 0.1) is 10.7 Å². The summed E-state index contributed by atoms with van der Waals surface area (Å²) >= 11 is 9.46. The zero-order chi connectivity index (χ0) is 13.7. The maximum atomic E-state index is 6.07. The average Bonchev–Trinajstić information content (AvgIpc) is 2.43. The monoisotopic (exact) mass is 338 g/mol. The molecule has 0 bridgehead atoms. The first kappa shape index (κ1) is 14.5. The van der Waals surface area contributed by atoms with Crippen molar-refractivity contribution in [2.45, 2.75) is 26.4 Å². The first-order chi connectivity index (χ1) is 9.20. The van der Waals surface area contributed by atoms with Crippen molar-refractivity contribution in [1.82, 2.24) is 10.3 Å². The molecule has 2 nitrogen and oxygen atoms in total. The average molecular weight is 340 g/mol. The molecule has 1 aromatic carbocycles. The molecule has 4 heteroatoms. The van der Waals surface area contributed by atoms with Crippen LogP contribution in [0.3, 0.4) is 0 Å². The van der Waals surface area contributed by atoms with E-state index in [2.05, 4.69) is 45.3 Å². The number of hydrogen-bond donors (Lipinski definition) is 1. The van der Waals surface area contributed by atoms with Crippen LogP contribution >= 0.6 is 27.5 Å². The van der Waals surface area contributed by atoms with Crippen molar-refractivity contribution < 1.29 is 0 Å². The summed E-state index contributed by atoms with van der Waals surface area (Å²) in [5, 5.41) is 4.14. The lowest BCUT2D eigenvalue weighted by atomic mass is 10.1. The number of nitrogens with zero attached hydrogens (tertiary/aromatic N) is 1. The first-order valence-electron chi connectivity index (χ1n) is 6.28. The molecule has 0 saturated heterocycles. The van der Waals surface area contributed by atoms with Crippen LogP contribution in [-0.2, 0) is 19.5 Å². The molecule has 0 aliphatic rings. The molecule has 1 heterocycles. The van der Waals surface area contributed by atoms with Crippen LogP contribution in [0.1, 0.15) is 23.7 Å². The zero-order valence-electron chi connectivity index (χ0n) is 10.8. The highest BCUT2D eigenvalue weighted by Crippen LogP contribution is 2.23. The van der Waals surface area contributed by atoms with Gasteiger partial charge in [0.25, 0.3) is 0 Å². The van der Waals surface area contributed by atoms with Gasteiger partial charge in [0, 0.05) is 23.8 Å². The third-order valence-electron chi connectivity index (χ3n) is 2.97. The molecule has 1 aromatic heterocycles. The van der Waals surface area contributed by atoms with Gasteiger partial charge in [-0.15, -0.1) is 0 Å². The maximum absolute atomic E-state index is 6.07. The van der Waals surface area contributed by atoms with E-state index in [1.165, 1.54) is 11.1 Å². The highest BCUT2D eigenvalue weighted by atomic mass is 79.9. The molecule has 0 spiro atoms. The Hall–Kier alpha value is -0.900. The second kappa shape index (κ2) is 7.04. The normalized spacial score (nSPS) is 10.7. The fourth-order valence-electron chi connectivity index (χ4n) is 1.93. The van der Waals surface area contributed by atoms with Crippen LogP contribution in [0, 0.1) is 0 Å². The van der Waals surface area contributed by atoms with Crippen LogP contribution in [0.15, 0.2) is 41.0 Å². The summed E-state index contributed by atoms with van der Waals surface area (Å²) in [6.07, 6.45) is 2.85. The Labute approximate surface area is 127 Å².